The number of hydrogen-bond donors (Lipinski definition) is 1. The van der Waals surface area contributed by atoms with Crippen LogP contribution >= 0.6 is 0 Å². The fourth-order valence-corrected chi connectivity index (χ4v) is 0.826. The summed E-state index contributed by atoms with van der Waals surface area (Å²) in [5, 5.41) is 0. The highest BCUT2D eigenvalue weighted by Gasteiger charge is 2.30. The summed E-state index contributed by atoms with van der Waals surface area (Å²) in [5.41, 5.74) is 5.12. The third kappa shape index (κ3) is 5.91. The van der Waals surface area contributed by atoms with E-state index in [0.717, 1.165) is 0 Å². The van der Waals surface area contributed by atoms with Crippen molar-refractivity contribution in [3.63, 3.8) is 0 Å². The Kier molecular flexibility index (Phi) is 4.18. The van der Waals surface area contributed by atoms with Gasteiger partial charge >= 0.3 is 6.18 Å². The van der Waals surface area contributed by atoms with Gasteiger partial charge in [0, 0.05) is 6.42 Å². The van der Waals surface area contributed by atoms with Crippen molar-refractivity contribution < 1.29 is 13.2 Å². The second-order valence-electron chi connectivity index (χ2n) is 2.45. The highest BCUT2D eigenvalue weighted by molar-refractivity contribution is 4.75. The van der Waals surface area contributed by atoms with E-state index in [9.17, 15) is 13.2 Å². The smallest absolute Gasteiger partial charge is 0.330 e. The Morgan fingerprint density at radius 1 is 1.45 bits per heavy atom. The van der Waals surface area contributed by atoms with Gasteiger partial charge < -0.3 is 5.73 Å². The molecule has 2 N–H and O–H groups in total. The minimum atomic E-state index is -4.10. The van der Waals surface area contributed by atoms with Crippen LogP contribution in [0.1, 0.15) is 12.8 Å². The van der Waals surface area contributed by atoms with Gasteiger partial charge in [-0.2, -0.15) is 13.2 Å². The summed E-state index contributed by atoms with van der Waals surface area (Å²) in [6, 6.07) is 0. The molecule has 0 aromatic rings. The molecule has 0 aromatic heterocycles. The predicted molar refractivity (Wildman–Crippen MR) is 38.0 cm³/mol. The molecule has 0 radical (unpaired) electrons. The van der Waals surface area contributed by atoms with Gasteiger partial charge in [-0.1, -0.05) is 6.08 Å². The third-order valence-corrected chi connectivity index (χ3v) is 1.35. The van der Waals surface area contributed by atoms with Gasteiger partial charge in [0.15, 0.2) is 0 Å². The van der Waals surface area contributed by atoms with Crippen LogP contribution in [0.3, 0.4) is 0 Å². The zero-order valence-electron chi connectivity index (χ0n) is 6.19. The van der Waals surface area contributed by atoms with Gasteiger partial charge in [0.05, 0.1) is 0 Å². The van der Waals surface area contributed by atoms with Crippen molar-refractivity contribution in [1.29, 1.82) is 0 Å². The van der Waals surface area contributed by atoms with E-state index < -0.39 is 18.5 Å². The number of halogens is 3. The van der Waals surface area contributed by atoms with Gasteiger partial charge in [-0.05, 0) is 18.9 Å². The normalized spacial score (nSPS) is 14.5. The summed E-state index contributed by atoms with van der Waals surface area (Å²) in [6.45, 7) is 3.42. The lowest BCUT2D eigenvalue weighted by Gasteiger charge is -2.14. The molecule has 1 nitrogen and oxygen atoms in total. The van der Waals surface area contributed by atoms with E-state index in [2.05, 4.69) is 6.58 Å². The predicted octanol–water partition coefficient (Wildman–Crippen LogP) is 2.09. The average Bonchev–Trinajstić information content (AvgIpc) is 1.84. The zero-order valence-corrected chi connectivity index (χ0v) is 6.19. The van der Waals surface area contributed by atoms with Gasteiger partial charge in [0.25, 0.3) is 0 Å². The quantitative estimate of drug-likeness (QED) is 0.637. The fraction of sp³-hybridized carbons (Fsp3) is 0.714. The van der Waals surface area contributed by atoms with Crippen LogP contribution in [-0.2, 0) is 0 Å². The molecule has 0 unspecified atom stereocenters. The van der Waals surface area contributed by atoms with Crippen LogP contribution in [0, 0.1) is 5.92 Å². The van der Waals surface area contributed by atoms with E-state index in [0.29, 0.717) is 6.42 Å². The molecule has 66 valence electrons. The molecule has 0 saturated carbocycles. The molecule has 0 bridgehead atoms. The van der Waals surface area contributed by atoms with E-state index in [-0.39, 0.29) is 6.54 Å². The molecule has 0 aliphatic rings. The Morgan fingerprint density at radius 3 is 2.27 bits per heavy atom. The van der Waals surface area contributed by atoms with Crippen molar-refractivity contribution in [1.82, 2.24) is 0 Å². The van der Waals surface area contributed by atoms with E-state index in [1.807, 2.05) is 0 Å². The van der Waals surface area contributed by atoms with Crippen LogP contribution in [0.25, 0.3) is 0 Å². The molecule has 0 aromatic carbocycles. The Morgan fingerprint density at radius 2 is 2.00 bits per heavy atom. The zero-order chi connectivity index (χ0) is 8.91. The summed E-state index contributed by atoms with van der Waals surface area (Å²) in [4.78, 5) is 0. The first-order chi connectivity index (χ1) is 4.99. The van der Waals surface area contributed by atoms with Crippen molar-refractivity contribution in [3.8, 4) is 0 Å². The molecular weight excluding hydrogens is 155 g/mol. The highest BCUT2D eigenvalue weighted by atomic mass is 19.4. The largest absolute Gasteiger partial charge is 0.389 e. The molecule has 0 rings (SSSR count). The van der Waals surface area contributed by atoms with Crippen LogP contribution in [0.15, 0.2) is 12.7 Å². The van der Waals surface area contributed by atoms with Crippen LogP contribution in [0.4, 0.5) is 13.2 Å². The van der Waals surface area contributed by atoms with Crippen molar-refractivity contribution in [2.24, 2.45) is 11.7 Å². The summed E-state index contributed by atoms with van der Waals surface area (Å²) < 4.78 is 35.2. The Hall–Kier alpha value is -0.510. The minimum Gasteiger partial charge on any atom is -0.330 e. The number of allylic oxidation sites excluding steroid dienone is 1. The molecule has 0 saturated heterocycles. The molecule has 0 spiro atoms. The summed E-state index contributed by atoms with van der Waals surface area (Å²) in [6.07, 6.45) is -3.12. The van der Waals surface area contributed by atoms with E-state index in [1.54, 1.807) is 0 Å². The summed E-state index contributed by atoms with van der Waals surface area (Å²) in [5.74, 6) is -0.507. The van der Waals surface area contributed by atoms with Crippen LogP contribution < -0.4 is 5.73 Å². The third-order valence-electron chi connectivity index (χ3n) is 1.35. The molecule has 0 fully saturated rings. The lowest BCUT2D eigenvalue weighted by molar-refractivity contribution is -0.143. The van der Waals surface area contributed by atoms with Crippen molar-refractivity contribution >= 4 is 0 Å². The second-order valence-corrected chi connectivity index (χ2v) is 2.45. The highest BCUT2D eigenvalue weighted by Crippen LogP contribution is 2.25. The number of hydrogen-bond acceptors (Lipinski definition) is 1. The van der Waals surface area contributed by atoms with E-state index in [4.69, 9.17) is 5.73 Å². The Balaban J connectivity index is 3.77. The minimum absolute atomic E-state index is 0.0610. The first-order valence-electron chi connectivity index (χ1n) is 3.37. The van der Waals surface area contributed by atoms with Gasteiger partial charge in [0.2, 0.25) is 0 Å². The standard InChI is InChI=1S/C7H12F3N/c1-2-3-6(5-11)4-7(8,9)10/h2,6H,1,3-5,11H2/t6-/m1/s1. The average molecular weight is 167 g/mol. The monoisotopic (exact) mass is 167 g/mol. The Labute approximate surface area is 64.1 Å². The second kappa shape index (κ2) is 4.38. The SMILES string of the molecule is C=CC[C@@H](CN)CC(F)(F)F. The molecular formula is C7H12F3N. The maximum absolute atomic E-state index is 11.7. The molecule has 1 atom stereocenters. The van der Waals surface area contributed by atoms with Crippen molar-refractivity contribution in [2.45, 2.75) is 19.0 Å². The number of nitrogens with two attached hydrogens (primary N) is 1. The van der Waals surface area contributed by atoms with Crippen LogP contribution in [0.2, 0.25) is 0 Å². The lowest BCUT2D eigenvalue weighted by atomic mass is 10.0. The van der Waals surface area contributed by atoms with Crippen LogP contribution in [0.5, 0.6) is 0 Å². The van der Waals surface area contributed by atoms with E-state index >= 15 is 0 Å². The maximum Gasteiger partial charge on any atom is 0.389 e. The van der Waals surface area contributed by atoms with Gasteiger partial charge in [-0.25, -0.2) is 0 Å². The van der Waals surface area contributed by atoms with E-state index in [1.165, 1.54) is 6.08 Å². The molecule has 4 heteroatoms. The molecule has 0 aliphatic carbocycles. The molecule has 11 heavy (non-hydrogen) atoms. The number of rotatable bonds is 4. The molecule has 0 heterocycles. The topological polar surface area (TPSA) is 26.0 Å². The molecule has 0 aliphatic heterocycles. The summed E-state index contributed by atoms with van der Waals surface area (Å²) in [7, 11) is 0. The van der Waals surface area contributed by atoms with Gasteiger partial charge in [-0.15, -0.1) is 6.58 Å². The lowest BCUT2D eigenvalue weighted by Crippen LogP contribution is -2.21. The maximum atomic E-state index is 11.7. The van der Waals surface area contributed by atoms with Crippen molar-refractivity contribution in [2.75, 3.05) is 6.54 Å². The van der Waals surface area contributed by atoms with Crippen LogP contribution in [-0.4, -0.2) is 12.7 Å². The first kappa shape index (κ1) is 10.5. The van der Waals surface area contributed by atoms with Crippen molar-refractivity contribution in [3.05, 3.63) is 12.7 Å². The molecule has 0 amide bonds. The fourth-order valence-electron chi connectivity index (χ4n) is 0.826. The number of alkyl halides is 3. The van der Waals surface area contributed by atoms with Gasteiger partial charge in [0.1, 0.15) is 0 Å². The summed E-state index contributed by atoms with van der Waals surface area (Å²) >= 11 is 0. The Bertz CT molecular complexity index is 119. The first-order valence-corrected chi connectivity index (χ1v) is 3.37. The van der Waals surface area contributed by atoms with Gasteiger partial charge in [-0.3, -0.25) is 0 Å².